The number of aryl methyl sites for hydroxylation is 1. The van der Waals surface area contributed by atoms with Gasteiger partial charge in [-0.05, 0) is 59.9 Å². The maximum atomic E-state index is 13.2. The topological polar surface area (TPSA) is 66.5 Å². The first-order valence-corrected chi connectivity index (χ1v) is 12.6. The molecular weight excluding hydrogens is 501 g/mol. The van der Waals surface area contributed by atoms with Gasteiger partial charge in [-0.1, -0.05) is 48.0 Å². The first-order valence-electron chi connectivity index (χ1n) is 10.8. The average molecular weight is 523 g/mol. The van der Waals surface area contributed by atoms with Crippen molar-refractivity contribution in [1.82, 2.24) is 4.31 Å². The molecule has 1 N–H and O–H groups in total. The third-order valence-electron chi connectivity index (χ3n) is 5.94. The number of sulfonamides is 1. The molecular formula is C25H22ClF3N2O3S. The fourth-order valence-electron chi connectivity index (χ4n) is 4.11. The zero-order valence-electron chi connectivity index (χ0n) is 18.7. The van der Waals surface area contributed by atoms with Gasteiger partial charge in [-0.2, -0.15) is 17.5 Å². The van der Waals surface area contributed by atoms with E-state index in [1.165, 1.54) is 16.4 Å². The van der Waals surface area contributed by atoms with Gasteiger partial charge in [0.25, 0.3) is 0 Å². The van der Waals surface area contributed by atoms with Gasteiger partial charge in [0.1, 0.15) is 0 Å². The van der Waals surface area contributed by atoms with Crippen LogP contribution in [0.15, 0.2) is 65.6 Å². The molecule has 184 valence electrons. The molecule has 0 aromatic heterocycles. The zero-order valence-corrected chi connectivity index (χ0v) is 20.3. The van der Waals surface area contributed by atoms with E-state index in [1.807, 2.05) is 0 Å². The molecule has 1 heterocycles. The van der Waals surface area contributed by atoms with Crippen LogP contribution in [0.3, 0.4) is 0 Å². The molecule has 1 aliphatic rings. The molecule has 0 atom stereocenters. The first kappa shape index (κ1) is 25.2. The lowest BCUT2D eigenvalue weighted by Crippen LogP contribution is -2.36. The van der Waals surface area contributed by atoms with E-state index in [0.717, 1.165) is 23.3 Å². The number of nitrogens with one attached hydrogen (secondary N) is 1. The predicted molar refractivity (Wildman–Crippen MR) is 128 cm³/mol. The van der Waals surface area contributed by atoms with Crippen LogP contribution in [0, 0.1) is 6.92 Å². The Labute approximate surface area is 206 Å². The molecule has 0 fully saturated rings. The van der Waals surface area contributed by atoms with Crippen molar-refractivity contribution in [3.8, 4) is 0 Å². The first-order chi connectivity index (χ1) is 16.5. The van der Waals surface area contributed by atoms with E-state index in [-0.39, 0.29) is 24.4 Å². The molecule has 3 aromatic carbocycles. The molecule has 35 heavy (non-hydrogen) atoms. The second-order valence-electron chi connectivity index (χ2n) is 8.33. The lowest BCUT2D eigenvalue weighted by molar-refractivity contribution is -0.137. The number of rotatable bonds is 5. The van der Waals surface area contributed by atoms with Crippen LogP contribution in [-0.4, -0.2) is 25.2 Å². The number of benzene rings is 3. The second-order valence-corrected chi connectivity index (χ2v) is 10.6. The largest absolute Gasteiger partial charge is 0.416 e. The van der Waals surface area contributed by atoms with Gasteiger partial charge in [0.2, 0.25) is 15.9 Å². The number of hydrogen-bond donors (Lipinski definition) is 1. The van der Waals surface area contributed by atoms with Gasteiger partial charge in [0, 0.05) is 13.1 Å². The van der Waals surface area contributed by atoms with Crippen LogP contribution in [0.1, 0.15) is 27.8 Å². The maximum absolute atomic E-state index is 13.2. The monoisotopic (exact) mass is 522 g/mol. The van der Waals surface area contributed by atoms with Crippen molar-refractivity contribution in [3.05, 3.63) is 93.5 Å². The van der Waals surface area contributed by atoms with E-state index in [0.29, 0.717) is 28.3 Å². The molecule has 0 radical (unpaired) electrons. The molecule has 1 amide bonds. The van der Waals surface area contributed by atoms with Crippen LogP contribution in [-0.2, 0) is 40.4 Å². The van der Waals surface area contributed by atoms with E-state index in [4.69, 9.17) is 11.6 Å². The minimum Gasteiger partial charge on any atom is -0.324 e. The van der Waals surface area contributed by atoms with Gasteiger partial charge < -0.3 is 5.32 Å². The quantitative estimate of drug-likeness (QED) is 0.474. The summed E-state index contributed by atoms with van der Waals surface area (Å²) < 4.78 is 66.1. The van der Waals surface area contributed by atoms with Crippen LogP contribution in [0.2, 0.25) is 5.02 Å². The van der Waals surface area contributed by atoms with Crippen molar-refractivity contribution < 1.29 is 26.4 Å². The lowest BCUT2D eigenvalue weighted by atomic mass is 9.98. The number of carbonyl (C=O) groups is 1. The van der Waals surface area contributed by atoms with Crippen molar-refractivity contribution in [2.45, 2.75) is 37.4 Å². The van der Waals surface area contributed by atoms with Gasteiger partial charge >= 0.3 is 6.18 Å². The lowest BCUT2D eigenvalue weighted by Gasteiger charge is -2.30. The number of hydrogen-bond acceptors (Lipinski definition) is 3. The molecule has 0 saturated heterocycles. The summed E-state index contributed by atoms with van der Waals surface area (Å²) in [4.78, 5) is 12.9. The SMILES string of the molecule is Cc1ccccc1S(=O)(=O)N1CCc2c(ccc(Cl)c2NC(=O)Cc2ccc(C(F)(F)F)cc2)C1. The highest BCUT2D eigenvalue weighted by Crippen LogP contribution is 2.35. The van der Waals surface area contributed by atoms with E-state index in [2.05, 4.69) is 5.32 Å². The fraction of sp³-hybridized carbons (Fsp3) is 0.240. The summed E-state index contributed by atoms with van der Waals surface area (Å²) in [5.74, 6) is -0.435. The number of fused-ring (bicyclic) bond motifs is 1. The molecule has 0 saturated carbocycles. The summed E-state index contributed by atoms with van der Waals surface area (Å²) in [6.45, 7) is 2.09. The Balaban J connectivity index is 1.52. The minimum absolute atomic E-state index is 0.130. The summed E-state index contributed by atoms with van der Waals surface area (Å²) in [6.07, 6.45) is -4.24. The Bertz CT molecular complexity index is 1370. The van der Waals surface area contributed by atoms with Crippen molar-refractivity contribution >= 4 is 33.2 Å². The summed E-state index contributed by atoms with van der Waals surface area (Å²) >= 11 is 6.35. The molecule has 0 spiro atoms. The molecule has 0 bridgehead atoms. The normalized spacial score (nSPS) is 14.4. The minimum atomic E-state index is -4.45. The predicted octanol–water partition coefficient (Wildman–Crippen LogP) is 5.60. The van der Waals surface area contributed by atoms with E-state index >= 15 is 0 Å². The fourth-order valence-corrected chi connectivity index (χ4v) is 5.98. The molecule has 1 aliphatic heterocycles. The van der Waals surface area contributed by atoms with Crippen LogP contribution in [0.4, 0.5) is 18.9 Å². The van der Waals surface area contributed by atoms with Crippen molar-refractivity contribution in [2.75, 3.05) is 11.9 Å². The third-order valence-corrected chi connectivity index (χ3v) is 8.26. The van der Waals surface area contributed by atoms with Crippen LogP contribution < -0.4 is 5.32 Å². The summed E-state index contributed by atoms with van der Waals surface area (Å²) in [6, 6.07) is 14.5. The highest BCUT2D eigenvalue weighted by Gasteiger charge is 2.32. The van der Waals surface area contributed by atoms with E-state index in [9.17, 15) is 26.4 Å². The van der Waals surface area contributed by atoms with Crippen molar-refractivity contribution in [2.24, 2.45) is 0 Å². The van der Waals surface area contributed by atoms with Gasteiger partial charge in [0.15, 0.2) is 0 Å². The zero-order chi connectivity index (χ0) is 25.4. The highest BCUT2D eigenvalue weighted by atomic mass is 35.5. The number of anilines is 1. The van der Waals surface area contributed by atoms with Gasteiger partial charge in [0.05, 0.1) is 27.6 Å². The number of halogens is 4. The van der Waals surface area contributed by atoms with Crippen LogP contribution >= 0.6 is 11.6 Å². The Morgan fingerprint density at radius 2 is 1.74 bits per heavy atom. The number of nitrogens with zero attached hydrogens (tertiary/aromatic N) is 1. The standard InChI is InChI=1S/C25H22ClF3N2O3S/c1-16-4-2-3-5-22(16)35(33,34)31-13-12-20-18(15-31)8-11-21(26)24(20)30-23(32)14-17-6-9-19(10-7-17)25(27,28)29/h2-11H,12-15H2,1H3,(H,30,32). The number of carbonyl (C=O) groups excluding carboxylic acids is 1. The van der Waals surface area contributed by atoms with Gasteiger partial charge in [-0.15, -0.1) is 0 Å². The molecule has 10 heteroatoms. The van der Waals surface area contributed by atoms with Crippen LogP contribution in [0.5, 0.6) is 0 Å². The smallest absolute Gasteiger partial charge is 0.324 e. The van der Waals surface area contributed by atoms with Gasteiger partial charge in [-0.25, -0.2) is 8.42 Å². The molecule has 5 nitrogen and oxygen atoms in total. The van der Waals surface area contributed by atoms with Crippen LogP contribution in [0.25, 0.3) is 0 Å². The maximum Gasteiger partial charge on any atom is 0.416 e. The number of alkyl halides is 3. The summed E-state index contributed by atoms with van der Waals surface area (Å²) in [5.41, 5.74) is 2.16. The van der Waals surface area contributed by atoms with E-state index in [1.54, 1.807) is 43.3 Å². The van der Waals surface area contributed by atoms with Crippen molar-refractivity contribution in [1.29, 1.82) is 0 Å². The summed E-state index contributed by atoms with van der Waals surface area (Å²) in [7, 11) is -3.70. The Morgan fingerprint density at radius 1 is 1.06 bits per heavy atom. The third kappa shape index (κ3) is 5.37. The molecule has 4 rings (SSSR count). The Morgan fingerprint density at radius 3 is 2.40 bits per heavy atom. The molecule has 3 aromatic rings. The highest BCUT2D eigenvalue weighted by molar-refractivity contribution is 7.89. The Kier molecular flexibility index (Phi) is 6.95. The van der Waals surface area contributed by atoms with Gasteiger partial charge in [-0.3, -0.25) is 4.79 Å². The average Bonchev–Trinajstić information content (AvgIpc) is 2.80. The van der Waals surface area contributed by atoms with E-state index < -0.39 is 27.7 Å². The summed E-state index contributed by atoms with van der Waals surface area (Å²) in [5, 5.41) is 3.07. The number of amides is 1. The molecule has 0 aliphatic carbocycles. The molecule has 0 unspecified atom stereocenters. The second kappa shape index (κ2) is 9.64. The Hall–Kier alpha value is -2.88. The van der Waals surface area contributed by atoms with Crippen molar-refractivity contribution in [3.63, 3.8) is 0 Å².